The predicted octanol–water partition coefficient (Wildman–Crippen LogP) is 2.33. The van der Waals surface area contributed by atoms with Crippen molar-refractivity contribution in [3.8, 4) is 0 Å². The van der Waals surface area contributed by atoms with Gasteiger partial charge in [-0.05, 0) is 26.0 Å². The second kappa shape index (κ2) is 3.95. The smallest absolute Gasteiger partial charge is 0.101 e. The van der Waals surface area contributed by atoms with Crippen LogP contribution >= 0.6 is 0 Å². The highest BCUT2D eigenvalue weighted by Gasteiger charge is 2.30. The van der Waals surface area contributed by atoms with Gasteiger partial charge in [0.1, 0.15) is 5.60 Å². The number of rotatable bonds is 1. The molecule has 0 N–H and O–H groups in total. The fraction of sp³-hybridized carbons (Fsp3) is 0.462. The van der Waals surface area contributed by atoms with E-state index < -0.39 is 0 Å². The van der Waals surface area contributed by atoms with Gasteiger partial charge in [0.25, 0.3) is 0 Å². The minimum atomic E-state index is -0.202. The zero-order chi connectivity index (χ0) is 10.9. The summed E-state index contributed by atoms with van der Waals surface area (Å²) in [7, 11) is 3.99. The van der Waals surface area contributed by atoms with E-state index in [0.717, 1.165) is 19.7 Å². The predicted molar refractivity (Wildman–Crippen MR) is 61.4 cm³/mol. The molecule has 0 radical (unpaired) electrons. The molecule has 0 aromatic heterocycles. The average molecular weight is 204 g/mol. The van der Waals surface area contributed by atoms with Crippen molar-refractivity contribution >= 4 is 0 Å². The molecule has 0 bridgehead atoms. The lowest BCUT2D eigenvalue weighted by atomic mass is 9.93. The van der Waals surface area contributed by atoms with Gasteiger partial charge < -0.3 is 9.64 Å². The molecule has 0 spiro atoms. The summed E-state index contributed by atoms with van der Waals surface area (Å²) in [4.78, 5) is 2.08. The third kappa shape index (κ3) is 2.21. The molecule has 1 unspecified atom stereocenters. The van der Waals surface area contributed by atoms with Gasteiger partial charge in [0, 0.05) is 6.54 Å². The second-order valence-corrected chi connectivity index (χ2v) is 4.50. The molecule has 2 rings (SSSR count). The molecule has 1 heterocycles. The van der Waals surface area contributed by atoms with Crippen molar-refractivity contribution in [3.63, 3.8) is 0 Å². The van der Waals surface area contributed by atoms with Crippen molar-refractivity contribution in [2.75, 3.05) is 19.7 Å². The monoisotopic (exact) mass is 204 g/mol. The maximum Gasteiger partial charge on any atom is 0.101 e. The molecule has 2 heteroatoms. The molecule has 1 atom stereocenters. The van der Waals surface area contributed by atoms with Crippen LogP contribution in [0.15, 0.2) is 24.3 Å². The number of hydrogen-bond donors (Lipinski definition) is 0. The summed E-state index contributed by atoms with van der Waals surface area (Å²) >= 11 is 0. The van der Waals surface area contributed by atoms with E-state index in [1.54, 1.807) is 0 Å². The first-order valence-electron chi connectivity index (χ1n) is 5.37. The lowest BCUT2D eigenvalue weighted by Crippen LogP contribution is -2.45. The highest BCUT2D eigenvalue weighted by Crippen LogP contribution is 2.29. The number of aryl methyl sites for hydroxylation is 1. The fourth-order valence-electron chi connectivity index (χ4n) is 2.10. The second-order valence-electron chi connectivity index (χ2n) is 4.50. The molecule has 1 aromatic carbocycles. The van der Waals surface area contributed by atoms with E-state index in [1.165, 1.54) is 11.1 Å². The van der Waals surface area contributed by atoms with Gasteiger partial charge in [-0.25, -0.2) is 0 Å². The van der Waals surface area contributed by atoms with Crippen molar-refractivity contribution in [2.45, 2.75) is 19.4 Å². The van der Waals surface area contributed by atoms with Gasteiger partial charge in [0.2, 0.25) is 0 Å². The summed E-state index contributed by atoms with van der Waals surface area (Å²) in [6.07, 6.45) is 0. The molecule has 0 aliphatic carbocycles. The Bertz CT molecular complexity index is 350. The highest BCUT2D eigenvalue weighted by atomic mass is 16.5. The number of ether oxygens (including phenoxy) is 1. The summed E-state index contributed by atoms with van der Waals surface area (Å²) in [6.45, 7) is 6.78. The van der Waals surface area contributed by atoms with Crippen LogP contribution in [0.4, 0.5) is 0 Å². The van der Waals surface area contributed by atoms with Gasteiger partial charge in [0.05, 0.1) is 6.61 Å². The number of morpholine rings is 1. The Kier molecular flexibility index (Phi) is 2.81. The lowest BCUT2D eigenvalue weighted by Gasteiger charge is -2.43. The van der Waals surface area contributed by atoms with E-state index >= 15 is 0 Å². The Balaban J connectivity index is 2.28. The van der Waals surface area contributed by atoms with E-state index in [2.05, 4.69) is 50.1 Å². The van der Waals surface area contributed by atoms with E-state index in [0.29, 0.717) is 0 Å². The Hall–Kier alpha value is -0.860. The SMILES string of the molecule is [CH2-]N1CCOC(C)(c2cccc(C)c2)C1. The van der Waals surface area contributed by atoms with Gasteiger partial charge in [-0.2, -0.15) is 0 Å². The zero-order valence-electron chi connectivity index (χ0n) is 9.49. The Morgan fingerprint density at radius 1 is 1.47 bits per heavy atom. The van der Waals surface area contributed by atoms with Crippen LogP contribution in [0.1, 0.15) is 18.1 Å². The van der Waals surface area contributed by atoms with Crippen LogP contribution in [0.25, 0.3) is 0 Å². The van der Waals surface area contributed by atoms with E-state index in [4.69, 9.17) is 4.74 Å². The zero-order valence-corrected chi connectivity index (χ0v) is 9.49. The van der Waals surface area contributed by atoms with E-state index in [9.17, 15) is 0 Å². The fourth-order valence-corrected chi connectivity index (χ4v) is 2.10. The Morgan fingerprint density at radius 2 is 2.27 bits per heavy atom. The van der Waals surface area contributed by atoms with Gasteiger partial charge in [-0.1, -0.05) is 29.8 Å². The molecular formula is C13H18NO-. The molecule has 1 fully saturated rings. The summed E-state index contributed by atoms with van der Waals surface area (Å²) in [5, 5.41) is 0. The number of hydrogen-bond acceptors (Lipinski definition) is 2. The van der Waals surface area contributed by atoms with Crippen molar-refractivity contribution < 1.29 is 4.74 Å². The van der Waals surface area contributed by atoms with Gasteiger partial charge in [-0.3, -0.25) is 7.05 Å². The molecular weight excluding hydrogens is 186 g/mol. The van der Waals surface area contributed by atoms with Crippen molar-refractivity contribution in [3.05, 3.63) is 42.4 Å². The summed E-state index contributed by atoms with van der Waals surface area (Å²) in [5.74, 6) is 0. The Labute approximate surface area is 91.9 Å². The van der Waals surface area contributed by atoms with Gasteiger partial charge in [0.15, 0.2) is 0 Å². The lowest BCUT2D eigenvalue weighted by molar-refractivity contribution is -0.0918. The van der Waals surface area contributed by atoms with Crippen LogP contribution < -0.4 is 0 Å². The van der Waals surface area contributed by atoms with Crippen LogP contribution in [0.5, 0.6) is 0 Å². The molecule has 0 amide bonds. The third-order valence-corrected chi connectivity index (χ3v) is 2.98. The third-order valence-electron chi connectivity index (χ3n) is 2.98. The van der Waals surface area contributed by atoms with Crippen molar-refractivity contribution in [1.82, 2.24) is 4.90 Å². The first-order chi connectivity index (χ1) is 7.10. The molecule has 1 aliphatic heterocycles. The summed E-state index contributed by atoms with van der Waals surface area (Å²) in [6, 6.07) is 8.52. The molecule has 82 valence electrons. The van der Waals surface area contributed by atoms with Crippen molar-refractivity contribution in [1.29, 1.82) is 0 Å². The minimum Gasteiger partial charge on any atom is -0.455 e. The molecule has 15 heavy (non-hydrogen) atoms. The first-order valence-corrected chi connectivity index (χ1v) is 5.37. The molecule has 2 nitrogen and oxygen atoms in total. The molecule has 1 aliphatic rings. The topological polar surface area (TPSA) is 12.5 Å². The number of nitrogens with zero attached hydrogens (tertiary/aromatic N) is 1. The van der Waals surface area contributed by atoms with Crippen LogP contribution in [0, 0.1) is 14.0 Å². The van der Waals surface area contributed by atoms with Crippen LogP contribution in [-0.4, -0.2) is 24.6 Å². The molecule has 1 saturated heterocycles. The number of benzene rings is 1. The standard InChI is InChI=1S/C13H18NO/c1-11-5-4-6-12(9-11)13(2)10-14(3)7-8-15-13/h4-6,9H,3,7-8,10H2,1-2H3/q-1. The quantitative estimate of drug-likeness (QED) is 0.651. The largest absolute Gasteiger partial charge is 0.455 e. The maximum absolute atomic E-state index is 5.90. The maximum atomic E-state index is 5.90. The normalized spacial score (nSPS) is 27.9. The minimum absolute atomic E-state index is 0.202. The summed E-state index contributed by atoms with van der Waals surface area (Å²) < 4.78 is 5.90. The van der Waals surface area contributed by atoms with Crippen LogP contribution in [0.3, 0.4) is 0 Å². The van der Waals surface area contributed by atoms with Crippen LogP contribution in [0.2, 0.25) is 0 Å². The highest BCUT2D eigenvalue weighted by molar-refractivity contribution is 5.28. The van der Waals surface area contributed by atoms with Gasteiger partial charge in [-0.15, -0.1) is 0 Å². The Morgan fingerprint density at radius 3 is 2.93 bits per heavy atom. The van der Waals surface area contributed by atoms with E-state index in [1.807, 2.05) is 0 Å². The molecule has 1 aromatic rings. The van der Waals surface area contributed by atoms with Gasteiger partial charge >= 0.3 is 0 Å². The first kappa shape index (κ1) is 10.7. The van der Waals surface area contributed by atoms with Crippen LogP contribution in [-0.2, 0) is 10.3 Å². The summed E-state index contributed by atoms with van der Waals surface area (Å²) in [5.41, 5.74) is 2.32. The molecule has 0 saturated carbocycles. The van der Waals surface area contributed by atoms with Crippen molar-refractivity contribution in [2.24, 2.45) is 0 Å². The van der Waals surface area contributed by atoms with E-state index in [-0.39, 0.29) is 5.60 Å². The average Bonchev–Trinajstić information content (AvgIpc) is 2.17.